The van der Waals surface area contributed by atoms with Crippen molar-refractivity contribution in [2.75, 3.05) is 30.0 Å². The van der Waals surface area contributed by atoms with Crippen LogP contribution in [0.3, 0.4) is 0 Å². The first-order valence-electron chi connectivity index (χ1n) is 19.9. The highest BCUT2D eigenvalue weighted by atomic mass is 19.4. The molecular weight excluding hydrogens is 623 g/mol. The van der Waals surface area contributed by atoms with Gasteiger partial charge in [-0.2, -0.15) is 13.2 Å². The molecule has 8 heteroatoms. The van der Waals surface area contributed by atoms with Crippen LogP contribution in [0.5, 0.6) is 5.75 Å². The number of ether oxygens (including phenoxy) is 1. The summed E-state index contributed by atoms with van der Waals surface area (Å²) in [5.74, 6) is -1.80. The molecule has 1 amide bonds. The van der Waals surface area contributed by atoms with E-state index >= 15 is 0 Å². The van der Waals surface area contributed by atoms with Gasteiger partial charge in [0.15, 0.2) is 0 Å². The van der Waals surface area contributed by atoms with Crippen LogP contribution < -0.4 is 14.5 Å². The van der Waals surface area contributed by atoms with Gasteiger partial charge in [-0.25, -0.2) is 4.99 Å². The summed E-state index contributed by atoms with van der Waals surface area (Å²) in [5, 5.41) is 0. The number of anilines is 2. The molecule has 2 rings (SSSR count). The predicted octanol–water partition coefficient (Wildman–Crippen LogP) is 13.1. The van der Waals surface area contributed by atoms with Gasteiger partial charge in [-0.3, -0.25) is 9.69 Å². The predicted molar refractivity (Wildman–Crippen MR) is 202 cm³/mol. The molecule has 0 fully saturated rings. The highest BCUT2D eigenvalue weighted by Crippen LogP contribution is 2.39. The first-order valence-corrected chi connectivity index (χ1v) is 19.9. The summed E-state index contributed by atoms with van der Waals surface area (Å²) in [4.78, 5) is 19.5. The normalized spacial score (nSPS) is 14.3. The zero-order valence-corrected chi connectivity index (χ0v) is 31.5. The van der Waals surface area contributed by atoms with Gasteiger partial charge in [0.25, 0.3) is 5.91 Å². The fraction of sp³-hybridized carbons (Fsp3) is 0.756. The molecule has 280 valence electrons. The summed E-state index contributed by atoms with van der Waals surface area (Å²) in [6, 6.07) is 5.18. The number of carbonyl (C=O) groups is 1. The highest BCUT2D eigenvalue weighted by Gasteiger charge is 2.48. The maximum absolute atomic E-state index is 13.9. The largest absolute Gasteiger partial charge is 0.494 e. The van der Waals surface area contributed by atoms with Gasteiger partial charge in [0.05, 0.1) is 12.8 Å². The second-order valence-corrected chi connectivity index (χ2v) is 13.9. The second kappa shape index (κ2) is 25.4. The molecule has 0 saturated heterocycles. The topological polar surface area (TPSA) is 45.1 Å². The monoisotopic (exact) mass is 692 g/mol. The lowest BCUT2D eigenvalue weighted by Crippen LogP contribution is -2.41. The SMILES string of the molecule is C/C=C1\N=C(C(F)(F)F)N(c2ccc(N(CCCCCCCCCCCCCC)CCCCCCCCCCCCCC)cc2OC)C1=O. The molecule has 0 N–H and O–H groups in total. The zero-order chi connectivity index (χ0) is 35.7. The number of halogens is 3. The molecule has 1 aromatic rings. The van der Waals surface area contributed by atoms with Crippen LogP contribution in [0.2, 0.25) is 0 Å². The summed E-state index contributed by atoms with van der Waals surface area (Å²) in [5.41, 5.74) is 0.744. The number of unbranched alkanes of at least 4 members (excludes halogenated alkanes) is 22. The summed E-state index contributed by atoms with van der Waals surface area (Å²) in [7, 11) is 1.44. The molecule has 0 spiro atoms. The van der Waals surface area contributed by atoms with Crippen molar-refractivity contribution < 1.29 is 22.7 Å². The van der Waals surface area contributed by atoms with E-state index in [1.165, 1.54) is 161 Å². The van der Waals surface area contributed by atoms with E-state index in [0.717, 1.165) is 31.6 Å². The quantitative estimate of drug-likeness (QED) is 0.0620. The molecule has 0 unspecified atom stereocenters. The molecule has 0 saturated carbocycles. The Morgan fingerprint density at radius 3 is 1.47 bits per heavy atom. The summed E-state index contributed by atoms with van der Waals surface area (Å²) in [6.07, 6.45) is 27.5. The van der Waals surface area contributed by atoms with Gasteiger partial charge in [0, 0.05) is 24.8 Å². The molecule has 0 aliphatic carbocycles. The third kappa shape index (κ3) is 16.4. The van der Waals surface area contributed by atoms with Gasteiger partial charge < -0.3 is 9.64 Å². The number of nitrogens with zero attached hydrogens (tertiary/aromatic N) is 3. The van der Waals surface area contributed by atoms with Crippen molar-refractivity contribution in [2.24, 2.45) is 4.99 Å². The molecule has 49 heavy (non-hydrogen) atoms. The Morgan fingerprint density at radius 1 is 0.694 bits per heavy atom. The smallest absolute Gasteiger partial charge is 0.450 e. The van der Waals surface area contributed by atoms with Gasteiger partial charge in [0.2, 0.25) is 5.84 Å². The van der Waals surface area contributed by atoms with E-state index in [4.69, 9.17) is 4.74 Å². The molecule has 0 bridgehead atoms. The summed E-state index contributed by atoms with van der Waals surface area (Å²) in [6.45, 7) is 7.80. The number of methoxy groups -OCH3 is 1. The van der Waals surface area contributed by atoms with E-state index in [9.17, 15) is 18.0 Å². The Bertz CT molecular complexity index is 1070. The van der Waals surface area contributed by atoms with Gasteiger partial charge in [0.1, 0.15) is 11.4 Å². The van der Waals surface area contributed by atoms with Crippen LogP contribution >= 0.6 is 0 Å². The minimum Gasteiger partial charge on any atom is -0.494 e. The highest BCUT2D eigenvalue weighted by molar-refractivity contribution is 6.29. The summed E-state index contributed by atoms with van der Waals surface area (Å²) >= 11 is 0. The van der Waals surface area contributed by atoms with E-state index in [1.54, 1.807) is 12.1 Å². The Hall–Kier alpha value is -2.51. The first kappa shape index (κ1) is 42.7. The lowest BCUT2D eigenvalue weighted by Gasteiger charge is -2.27. The van der Waals surface area contributed by atoms with E-state index in [2.05, 4.69) is 23.7 Å². The van der Waals surface area contributed by atoms with Crippen molar-refractivity contribution in [3.63, 3.8) is 0 Å². The van der Waals surface area contributed by atoms with E-state index in [-0.39, 0.29) is 17.1 Å². The minimum atomic E-state index is -4.78. The number of amidine groups is 1. The number of rotatable bonds is 29. The molecule has 0 radical (unpaired) electrons. The third-order valence-corrected chi connectivity index (χ3v) is 9.72. The number of hydrogen-bond donors (Lipinski definition) is 0. The zero-order valence-electron chi connectivity index (χ0n) is 31.5. The minimum absolute atomic E-state index is 0.0554. The van der Waals surface area contributed by atoms with Crippen molar-refractivity contribution in [2.45, 2.75) is 181 Å². The van der Waals surface area contributed by atoms with Crippen molar-refractivity contribution >= 4 is 23.1 Å². The Kier molecular flexibility index (Phi) is 22.1. The number of carbonyl (C=O) groups excluding carboxylic acids is 1. The standard InChI is InChI=1S/C41H68F3N3O2/c1-5-8-10-12-14-16-18-20-22-24-26-28-32-46(33-29-27-25-23-21-19-17-15-13-11-9-6-2)35-30-31-37(38(34-35)49-4)47-39(48)36(7-3)45-40(47)41(42,43)44/h7,30-31,34H,5-6,8-29,32-33H2,1-4H3/b36-7-. The van der Waals surface area contributed by atoms with Crippen molar-refractivity contribution in [3.05, 3.63) is 30.0 Å². The number of benzene rings is 1. The van der Waals surface area contributed by atoms with Crippen LogP contribution in [0, 0.1) is 0 Å². The Balaban J connectivity index is 1.95. The molecule has 5 nitrogen and oxygen atoms in total. The van der Waals surface area contributed by atoms with Crippen LogP contribution in [-0.4, -0.2) is 38.1 Å². The number of aliphatic imine (C=N–C) groups is 1. The van der Waals surface area contributed by atoms with E-state index in [1.807, 2.05) is 6.07 Å². The Morgan fingerprint density at radius 2 is 1.10 bits per heavy atom. The summed E-state index contributed by atoms with van der Waals surface area (Å²) < 4.78 is 47.3. The number of amides is 1. The molecular formula is C41H68F3N3O2. The maximum Gasteiger partial charge on any atom is 0.450 e. The van der Waals surface area contributed by atoms with Crippen LogP contribution in [-0.2, 0) is 4.79 Å². The molecule has 1 aliphatic rings. The first-order chi connectivity index (χ1) is 23.8. The lowest BCUT2D eigenvalue weighted by molar-refractivity contribution is -0.114. The molecule has 0 aromatic heterocycles. The van der Waals surface area contributed by atoms with Crippen LogP contribution in [0.25, 0.3) is 0 Å². The van der Waals surface area contributed by atoms with Crippen molar-refractivity contribution in [1.29, 1.82) is 0 Å². The van der Waals surface area contributed by atoms with Crippen LogP contribution in [0.4, 0.5) is 24.5 Å². The molecule has 1 aromatic carbocycles. The third-order valence-electron chi connectivity index (χ3n) is 9.72. The molecule has 0 atom stereocenters. The van der Waals surface area contributed by atoms with E-state index in [0.29, 0.717) is 4.90 Å². The van der Waals surface area contributed by atoms with Gasteiger partial charge in [-0.1, -0.05) is 161 Å². The number of hydrogen-bond acceptors (Lipinski definition) is 4. The lowest BCUT2D eigenvalue weighted by atomic mass is 10.0. The van der Waals surface area contributed by atoms with Crippen molar-refractivity contribution in [1.82, 2.24) is 0 Å². The molecule has 1 heterocycles. The number of allylic oxidation sites excluding steroid dienone is 1. The van der Waals surface area contributed by atoms with Crippen molar-refractivity contribution in [3.8, 4) is 5.75 Å². The van der Waals surface area contributed by atoms with Crippen LogP contribution in [0.1, 0.15) is 175 Å². The fourth-order valence-electron chi connectivity index (χ4n) is 6.73. The second-order valence-electron chi connectivity index (χ2n) is 13.9. The average Bonchev–Trinajstić information content (AvgIpc) is 3.44. The molecule has 1 aliphatic heterocycles. The van der Waals surface area contributed by atoms with Crippen LogP contribution in [0.15, 0.2) is 35.0 Å². The van der Waals surface area contributed by atoms with Gasteiger partial charge in [-0.05, 0) is 31.9 Å². The fourth-order valence-corrected chi connectivity index (χ4v) is 6.73. The maximum atomic E-state index is 13.9. The average molecular weight is 692 g/mol. The van der Waals surface area contributed by atoms with E-state index < -0.39 is 17.9 Å². The number of alkyl halides is 3. The Labute approximate surface area is 297 Å². The van der Waals surface area contributed by atoms with Gasteiger partial charge >= 0.3 is 6.18 Å². The van der Waals surface area contributed by atoms with Gasteiger partial charge in [-0.15, -0.1) is 0 Å².